The second-order valence-corrected chi connectivity index (χ2v) is 3.17. The first-order valence-electron chi connectivity index (χ1n) is 4.44. The number of amides is 3. The van der Waals surface area contributed by atoms with Crippen LogP contribution in [0.2, 0.25) is 0 Å². The molecule has 86 valence electrons. The Kier molecular flexibility index (Phi) is 6.03. The molecule has 0 spiro atoms. The molecule has 0 unspecified atom stereocenters. The van der Waals surface area contributed by atoms with Crippen molar-refractivity contribution in [3.05, 3.63) is 0 Å². The summed E-state index contributed by atoms with van der Waals surface area (Å²) in [6, 6.07) is -0.656. The summed E-state index contributed by atoms with van der Waals surface area (Å²) in [4.78, 5) is 32.0. The lowest BCUT2D eigenvalue weighted by molar-refractivity contribution is -0.135. The smallest absolute Gasteiger partial charge is 0.321 e. The van der Waals surface area contributed by atoms with Gasteiger partial charge in [-0.05, 0) is 13.8 Å². The molecule has 7 heteroatoms. The van der Waals surface area contributed by atoms with Gasteiger partial charge in [-0.3, -0.25) is 20.2 Å². The molecule has 4 N–H and O–H groups in total. The van der Waals surface area contributed by atoms with Crippen molar-refractivity contribution in [2.24, 2.45) is 0 Å². The Bertz CT molecular complexity index is 252. The molecule has 0 radical (unpaired) electrons. The van der Waals surface area contributed by atoms with Gasteiger partial charge >= 0.3 is 12.0 Å². The van der Waals surface area contributed by atoms with Gasteiger partial charge in [0.15, 0.2) is 0 Å². The Balaban J connectivity index is 3.65. The van der Waals surface area contributed by atoms with Crippen LogP contribution in [0.1, 0.15) is 13.8 Å². The van der Waals surface area contributed by atoms with Gasteiger partial charge in [0.2, 0.25) is 5.91 Å². The first-order valence-corrected chi connectivity index (χ1v) is 4.44. The van der Waals surface area contributed by atoms with E-state index < -0.39 is 17.9 Å². The number of carboxylic acid groups (broad SMARTS) is 1. The van der Waals surface area contributed by atoms with Crippen LogP contribution in [0.3, 0.4) is 0 Å². The second-order valence-electron chi connectivity index (χ2n) is 3.17. The maximum atomic E-state index is 11.0. The van der Waals surface area contributed by atoms with Gasteiger partial charge in [-0.1, -0.05) is 0 Å². The van der Waals surface area contributed by atoms with E-state index in [0.717, 1.165) is 0 Å². The molecule has 0 atom stereocenters. The van der Waals surface area contributed by atoms with Gasteiger partial charge in [0.05, 0.1) is 13.1 Å². The highest BCUT2D eigenvalue weighted by atomic mass is 16.4. The highest BCUT2D eigenvalue weighted by molar-refractivity contribution is 5.95. The van der Waals surface area contributed by atoms with Crippen LogP contribution >= 0.6 is 0 Å². The minimum Gasteiger partial charge on any atom is -0.480 e. The molecule has 0 aliphatic carbocycles. The summed E-state index contributed by atoms with van der Waals surface area (Å²) in [6.07, 6.45) is 0. The van der Waals surface area contributed by atoms with Crippen LogP contribution in [-0.4, -0.2) is 42.1 Å². The van der Waals surface area contributed by atoms with E-state index >= 15 is 0 Å². The molecule has 0 saturated carbocycles. The van der Waals surface area contributed by atoms with Crippen LogP contribution in [0.5, 0.6) is 0 Å². The van der Waals surface area contributed by atoms with Crippen LogP contribution < -0.4 is 16.0 Å². The van der Waals surface area contributed by atoms with Gasteiger partial charge in [0.25, 0.3) is 0 Å². The average molecular weight is 217 g/mol. The number of imide groups is 1. The van der Waals surface area contributed by atoms with Gasteiger partial charge in [-0.2, -0.15) is 0 Å². The molecule has 0 aromatic carbocycles. The number of hydrogen-bond donors (Lipinski definition) is 4. The third kappa shape index (κ3) is 8.69. The van der Waals surface area contributed by atoms with Crippen molar-refractivity contribution in [2.75, 3.05) is 13.1 Å². The van der Waals surface area contributed by atoms with Crippen LogP contribution in [0.4, 0.5) is 4.79 Å². The molecule has 0 aromatic heterocycles. The molecule has 0 aliphatic rings. The quantitative estimate of drug-likeness (QED) is 0.467. The predicted octanol–water partition coefficient (Wildman–Crippen LogP) is -1.11. The maximum Gasteiger partial charge on any atom is 0.321 e. The molecule has 15 heavy (non-hydrogen) atoms. The summed E-state index contributed by atoms with van der Waals surface area (Å²) in [6.45, 7) is 2.98. The van der Waals surface area contributed by atoms with E-state index in [4.69, 9.17) is 5.11 Å². The zero-order chi connectivity index (χ0) is 11.8. The van der Waals surface area contributed by atoms with E-state index in [0.29, 0.717) is 0 Å². The fourth-order valence-corrected chi connectivity index (χ4v) is 0.752. The minimum absolute atomic E-state index is 0.0650. The Morgan fingerprint density at radius 2 is 1.80 bits per heavy atom. The Labute approximate surface area is 87.2 Å². The van der Waals surface area contributed by atoms with E-state index in [9.17, 15) is 14.4 Å². The van der Waals surface area contributed by atoms with Crippen molar-refractivity contribution in [3.8, 4) is 0 Å². The summed E-state index contributed by atoms with van der Waals surface area (Å²) in [5.41, 5.74) is 0. The van der Waals surface area contributed by atoms with Crippen molar-refractivity contribution < 1.29 is 19.5 Å². The van der Waals surface area contributed by atoms with Gasteiger partial charge < -0.3 is 10.4 Å². The number of rotatable bonds is 5. The summed E-state index contributed by atoms with van der Waals surface area (Å²) in [5.74, 6) is -1.64. The molecule has 0 rings (SSSR count). The molecule has 3 amide bonds. The van der Waals surface area contributed by atoms with Crippen LogP contribution in [-0.2, 0) is 9.59 Å². The Hall–Kier alpha value is -1.63. The van der Waals surface area contributed by atoms with E-state index in [2.05, 4.69) is 10.6 Å². The minimum atomic E-state index is -1.06. The standard InChI is InChI=1S/C8H15N3O4/c1-5(2)10-8(15)11-6(12)3-9-4-7(13)14/h5,9H,3-4H2,1-2H3,(H,13,14)(H2,10,11,12,15). The van der Waals surface area contributed by atoms with Crippen molar-refractivity contribution in [2.45, 2.75) is 19.9 Å². The van der Waals surface area contributed by atoms with Gasteiger partial charge in [-0.15, -0.1) is 0 Å². The maximum absolute atomic E-state index is 11.0. The zero-order valence-electron chi connectivity index (χ0n) is 8.66. The number of carboxylic acids is 1. The fraction of sp³-hybridized carbons (Fsp3) is 0.625. The lowest BCUT2D eigenvalue weighted by atomic mass is 10.4. The molecule has 0 fully saturated rings. The second kappa shape index (κ2) is 6.77. The summed E-state index contributed by atoms with van der Waals surface area (Å²) in [5, 5.41) is 15.1. The lowest BCUT2D eigenvalue weighted by Crippen LogP contribution is -2.46. The molecule has 7 nitrogen and oxygen atoms in total. The summed E-state index contributed by atoms with van der Waals surface area (Å²) < 4.78 is 0. The van der Waals surface area contributed by atoms with Crippen LogP contribution in [0.25, 0.3) is 0 Å². The monoisotopic (exact) mass is 217 g/mol. The molecule has 0 aromatic rings. The molecular weight excluding hydrogens is 202 g/mol. The largest absolute Gasteiger partial charge is 0.480 e. The topological polar surface area (TPSA) is 108 Å². The third-order valence-electron chi connectivity index (χ3n) is 1.23. The van der Waals surface area contributed by atoms with E-state index in [1.807, 2.05) is 5.32 Å². The van der Waals surface area contributed by atoms with Crippen molar-refractivity contribution in [3.63, 3.8) is 0 Å². The van der Waals surface area contributed by atoms with Crippen LogP contribution in [0.15, 0.2) is 0 Å². The summed E-state index contributed by atoms with van der Waals surface area (Å²) >= 11 is 0. The number of urea groups is 1. The number of hydrogen-bond acceptors (Lipinski definition) is 4. The molecule has 0 bridgehead atoms. The number of carbonyl (C=O) groups is 3. The first-order chi connectivity index (χ1) is 6.91. The van der Waals surface area contributed by atoms with Gasteiger partial charge in [-0.25, -0.2) is 4.79 Å². The van der Waals surface area contributed by atoms with Crippen LogP contribution in [0, 0.1) is 0 Å². The summed E-state index contributed by atoms with van der Waals surface area (Å²) in [7, 11) is 0. The zero-order valence-corrected chi connectivity index (χ0v) is 8.66. The molecule has 0 aliphatic heterocycles. The number of aliphatic carboxylic acids is 1. The Morgan fingerprint density at radius 1 is 1.20 bits per heavy atom. The van der Waals surface area contributed by atoms with E-state index in [1.165, 1.54) is 0 Å². The number of carbonyl (C=O) groups excluding carboxylic acids is 2. The highest BCUT2D eigenvalue weighted by Gasteiger charge is 2.08. The van der Waals surface area contributed by atoms with Crippen molar-refractivity contribution in [1.82, 2.24) is 16.0 Å². The SMILES string of the molecule is CC(C)NC(=O)NC(=O)CNCC(=O)O. The van der Waals surface area contributed by atoms with Gasteiger partial charge in [0, 0.05) is 6.04 Å². The van der Waals surface area contributed by atoms with Crippen molar-refractivity contribution >= 4 is 17.9 Å². The molecule has 0 heterocycles. The lowest BCUT2D eigenvalue weighted by Gasteiger charge is -2.08. The average Bonchev–Trinajstić information content (AvgIpc) is 2.00. The molecular formula is C8H15N3O4. The fourth-order valence-electron chi connectivity index (χ4n) is 0.752. The predicted molar refractivity (Wildman–Crippen MR) is 52.3 cm³/mol. The van der Waals surface area contributed by atoms with E-state index in [1.54, 1.807) is 13.8 Å². The highest BCUT2D eigenvalue weighted by Crippen LogP contribution is 1.76. The molecule has 0 saturated heterocycles. The van der Waals surface area contributed by atoms with Crippen molar-refractivity contribution in [1.29, 1.82) is 0 Å². The number of nitrogens with one attached hydrogen (secondary N) is 3. The first kappa shape index (κ1) is 13.4. The van der Waals surface area contributed by atoms with Gasteiger partial charge in [0.1, 0.15) is 0 Å². The Morgan fingerprint density at radius 3 is 2.27 bits per heavy atom. The third-order valence-corrected chi connectivity index (χ3v) is 1.23. The van der Waals surface area contributed by atoms with E-state index in [-0.39, 0.29) is 19.1 Å². The normalized spacial score (nSPS) is 9.80.